The highest BCUT2D eigenvalue weighted by molar-refractivity contribution is 5.84. The van der Waals surface area contributed by atoms with Crippen LogP contribution in [-0.4, -0.2) is 97.2 Å². The SMILES string of the molecule is O=C(CC(CC(=O)OCC12COC(c3ccccc3)(OC1)OC2)C(=O)OCC12COC(c3ccccc3)(OC1)OC2)OCC12COC(c3ccccc3)(OC1)OC2. The van der Waals surface area contributed by atoms with Crippen LogP contribution in [0.25, 0.3) is 0 Å². The molecule has 0 amide bonds. The topological polar surface area (TPSA) is 162 Å². The fraction of sp³-hybridized carbons (Fsp3) is 0.500. The van der Waals surface area contributed by atoms with Gasteiger partial charge in [0.25, 0.3) is 0 Å². The van der Waals surface area contributed by atoms with E-state index < -0.39 is 70.8 Å². The largest absolute Gasteiger partial charge is 0.465 e. The lowest BCUT2D eigenvalue weighted by atomic mass is 9.89. The lowest BCUT2D eigenvalue weighted by Crippen LogP contribution is -2.60. The Balaban J connectivity index is 0.814. The molecule has 6 bridgehead atoms. The molecule has 57 heavy (non-hydrogen) atoms. The van der Waals surface area contributed by atoms with E-state index >= 15 is 0 Å². The summed E-state index contributed by atoms with van der Waals surface area (Å²) < 4.78 is 71.2. The molecule has 0 aliphatic carbocycles. The minimum atomic E-state index is -1.33. The highest BCUT2D eigenvalue weighted by atomic mass is 16.9. The Morgan fingerprint density at radius 1 is 0.421 bits per heavy atom. The van der Waals surface area contributed by atoms with E-state index in [2.05, 4.69) is 0 Å². The van der Waals surface area contributed by atoms with Gasteiger partial charge in [0.2, 0.25) is 0 Å². The zero-order valence-corrected chi connectivity index (χ0v) is 31.3. The van der Waals surface area contributed by atoms with E-state index in [4.69, 9.17) is 56.8 Å². The predicted octanol–water partition coefficient (Wildman–Crippen LogP) is 3.63. The maximum atomic E-state index is 13.7. The van der Waals surface area contributed by atoms with E-state index in [-0.39, 0.29) is 79.3 Å². The van der Waals surface area contributed by atoms with Crippen LogP contribution >= 0.6 is 0 Å². The summed E-state index contributed by atoms with van der Waals surface area (Å²) in [5, 5.41) is 0. The standard InChI is InChI=1S/C42H44O15/c43-34(46-18-37-21-49-40(50-22-37,51-23-37)31-10-4-1-5-11-31)16-30(36(45)48-20-39-27-55-42(56-28-39,57-29-39)33-14-8-3-9-15-33)17-35(44)47-19-38-24-52-41(53-25-38,54-26-38)32-12-6-2-7-13-32/h1-15,30H,16-29H2. The number of esters is 3. The summed E-state index contributed by atoms with van der Waals surface area (Å²) in [6, 6.07) is 27.9. The molecule has 12 rings (SSSR count). The van der Waals surface area contributed by atoms with Crippen LogP contribution in [0.15, 0.2) is 91.0 Å². The molecule has 0 unspecified atom stereocenters. The highest BCUT2D eigenvalue weighted by Gasteiger charge is 2.57. The summed E-state index contributed by atoms with van der Waals surface area (Å²) in [6.07, 6.45) is -0.900. The minimum Gasteiger partial charge on any atom is -0.465 e. The quantitative estimate of drug-likeness (QED) is 0.172. The van der Waals surface area contributed by atoms with Crippen molar-refractivity contribution >= 4 is 17.9 Å². The van der Waals surface area contributed by atoms with Crippen LogP contribution in [0, 0.1) is 22.2 Å². The van der Waals surface area contributed by atoms with Crippen molar-refractivity contribution in [2.75, 3.05) is 79.3 Å². The van der Waals surface area contributed by atoms with Crippen LogP contribution < -0.4 is 0 Å². The summed E-state index contributed by atoms with van der Waals surface area (Å²) in [6.45, 7) is 1.61. The molecule has 0 atom stereocenters. The van der Waals surface area contributed by atoms with E-state index in [1.165, 1.54) is 0 Å². The summed E-state index contributed by atoms with van der Waals surface area (Å²) >= 11 is 0. The van der Waals surface area contributed by atoms with Gasteiger partial charge in [-0.2, -0.15) is 0 Å². The number of carbonyl (C=O) groups is 3. The molecular weight excluding hydrogens is 744 g/mol. The third-order valence-corrected chi connectivity index (χ3v) is 11.3. The van der Waals surface area contributed by atoms with Crippen LogP contribution in [0.5, 0.6) is 0 Å². The number of benzene rings is 3. The molecule has 9 aliphatic rings. The molecule has 3 aromatic carbocycles. The lowest BCUT2D eigenvalue weighted by molar-refractivity contribution is -0.482. The monoisotopic (exact) mass is 788 g/mol. The second kappa shape index (κ2) is 15.1. The van der Waals surface area contributed by atoms with Gasteiger partial charge in [0.05, 0.1) is 94.5 Å². The normalized spacial score (nSPS) is 34.3. The van der Waals surface area contributed by atoms with E-state index in [1.807, 2.05) is 91.0 Å². The van der Waals surface area contributed by atoms with Crippen molar-refractivity contribution in [2.45, 2.75) is 30.8 Å². The number of carbonyl (C=O) groups excluding carboxylic acids is 3. The molecule has 0 spiro atoms. The predicted molar refractivity (Wildman–Crippen MR) is 191 cm³/mol. The zero-order valence-electron chi connectivity index (χ0n) is 31.3. The molecule has 9 aliphatic heterocycles. The summed E-state index contributed by atoms with van der Waals surface area (Å²) in [4.78, 5) is 40.5. The number of ether oxygens (including phenoxy) is 12. The maximum Gasteiger partial charge on any atom is 0.312 e. The molecule has 9 heterocycles. The van der Waals surface area contributed by atoms with Crippen LogP contribution in [0.4, 0.5) is 0 Å². The molecule has 9 fully saturated rings. The van der Waals surface area contributed by atoms with Crippen LogP contribution in [0.1, 0.15) is 29.5 Å². The number of rotatable bonds is 14. The molecule has 15 heteroatoms. The fourth-order valence-electron chi connectivity index (χ4n) is 7.60. The minimum absolute atomic E-state index is 0.0891. The van der Waals surface area contributed by atoms with Gasteiger partial charge in [-0.05, 0) is 0 Å². The van der Waals surface area contributed by atoms with E-state index in [1.54, 1.807) is 0 Å². The smallest absolute Gasteiger partial charge is 0.312 e. The van der Waals surface area contributed by atoms with Crippen molar-refractivity contribution in [1.82, 2.24) is 0 Å². The first kappa shape index (κ1) is 38.2. The molecule has 0 N–H and O–H groups in total. The first-order valence-electron chi connectivity index (χ1n) is 19.1. The Labute approximate surface area is 328 Å². The molecule has 0 radical (unpaired) electrons. The lowest BCUT2D eigenvalue weighted by Gasteiger charge is -2.51. The van der Waals surface area contributed by atoms with Gasteiger partial charge >= 0.3 is 35.8 Å². The Bertz CT molecular complexity index is 1750. The molecular formula is C42H44O15. The third kappa shape index (κ3) is 7.48. The van der Waals surface area contributed by atoms with Gasteiger partial charge in [-0.25, -0.2) is 0 Å². The second-order valence-corrected chi connectivity index (χ2v) is 15.9. The van der Waals surface area contributed by atoms with Gasteiger partial charge in [0.15, 0.2) is 0 Å². The molecule has 15 nitrogen and oxygen atoms in total. The third-order valence-electron chi connectivity index (χ3n) is 11.3. The average Bonchev–Trinajstić information content (AvgIpc) is 3.29. The molecule has 0 saturated carbocycles. The first-order valence-corrected chi connectivity index (χ1v) is 19.1. The van der Waals surface area contributed by atoms with Gasteiger partial charge in [0, 0.05) is 16.7 Å². The van der Waals surface area contributed by atoms with Crippen molar-refractivity contribution < 1.29 is 71.2 Å². The highest BCUT2D eigenvalue weighted by Crippen LogP contribution is 2.47. The van der Waals surface area contributed by atoms with Crippen molar-refractivity contribution in [1.29, 1.82) is 0 Å². The summed E-state index contributed by atoms with van der Waals surface area (Å²) in [5.74, 6) is -7.40. The summed E-state index contributed by atoms with van der Waals surface area (Å²) in [5.41, 5.74) is -0.117. The van der Waals surface area contributed by atoms with E-state index in [9.17, 15) is 14.4 Å². The van der Waals surface area contributed by atoms with Crippen LogP contribution in [0.2, 0.25) is 0 Å². The number of fused-ring (bicyclic) bond motifs is 9. The number of hydrogen-bond acceptors (Lipinski definition) is 15. The molecule has 3 aromatic rings. The van der Waals surface area contributed by atoms with Crippen LogP contribution in [0.3, 0.4) is 0 Å². The molecule has 9 saturated heterocycles. The van der Waals surface area contributed by atoms with Crippen molar-refractivity contribution in [3.05, 3.63) is 108 Å². The van der Waals surface area contributed by atoms with E-state index in [0.717, 1.165) is 16.7 Å². The Morgan fingerprint density at radius 2 is 0.684 bits per heavy atom. The Morgan fingerprint density at radius 3 is 0.965 bits per heavy atom. The summed E-state index contributed by atoms with van der Waals surface area (Å²) in [7, 11) is 0. The van der Waals surface area contributed by atoms with Crippen molar-refractivity contribution in [3.8, 4) is 0 Å². The second-order valence-electron chi connectivity index (χ2n) is 15.9. The Kier molecular flexibility index (Phi) is 10.2. The van der Waals surface area contributed by atoms with Crippen molar-refractivity contribution in [2.24, 2.45) is 22.2 Å². The van der Waals surface area contributed by atoms with Gasteiger partial charge in [-0.15, -0.1) is 0 Å². The van der Waals surface area contributed by atoms with Gasteiger partial charge < -0.3 is 56.8 Å². The van der Waals surface area contributed by atoms with Crippen molar-refractivity contribution in [3.63, 3.8) is 0 Å². The fourth-order valence-corrected chi connectivity index (χ4v) is 7.60. The van der Waals surface area contributed by atoms with Gasteiger partial charge in [-0.1, -0.05) is 91.0 Å². The van der Waals surface area contributed by atoms with Crippen LogP contribution in [-0.2, 0) is 89.1 Å². The van der Waals surface area contributed by atoms with Gasteiger partial charge in [0.1, 0.15) is 19.8 Å². The average molecular weight is 789 g/mol. The Hall–Kier alpha value is -4.29. The molecule has 0 aromatic heterocycles. The van der Waals surface area contributed by atoms with E-state index in [0.29, 0.717) is 0 Å². The zero-order chi connectivity index (χ0) is 39.0. The first-order chi connectivity index (χ1) is 27.7. The number of hydrogen-bond donors (Lipinski definition) is 0. The maximum absolute atomic E-state index is 13.7. The van der Waals surface area contributed by atoms with Gasteiger partial charge in [-0.3, -0.25) is 14.4 Å². The molecule has 302 valence electrons.